The van der Waals surface area contributed by atoms with Crippen LogP contribution in [0.4, 0.5) is 5.69 Å². The van der Waals surface area contributed by atoms with Gasteiger partial charge in [-0.3, -0.25) is 0 Å². The molecule has 4 heteroatoms. The summed E-state index contributed by atoms with van der Waals surface area (Å²) in [5.74, 6) is -0.925. The summed E-state index contributed by atoms with van der Waals surface area (Å²) < 4.78 is 1.97. The molecule has 0 aliphatic rings. The smallest absolute Gasteiger partial charge is 0.337 e. The van der Waals surface area contributed by atoms with Gasteiger partial charge in [0.25, 0.3) is 0 Å². The average molecular weight is 306 g/mol. The molecule has 116 valence electrons. The second-order valence-electron chi connectivity index (χ2n) is 5.63. The van der Waals surface area contributed by atoms with Crippen LogP contribution in [0, 0.1) is 13.8 Å². The summed E-state index contributed by atoms with van der Waals surface area (Å²) in [6.07, 6.45) is 0. The van der Waals surface area contributed by atoms with Crippen molar-refractivity contribution in [3.8, 4) is 16.9 Å². The largest absolute Gasteiger partial charge is 0.478 e. The molecule has 0 saturated heterocycles. The van der Waals surface area contributed by atoms with Crippen molar-refractivity contribution in [2.45, 2.75) is 13.8 Å². The highest BCUT2D eigenvalue weighted by atomic mass is 16.4. The van der Waals surface area contributed by atoms with Crippen molar-refractivity contribution in [1.29, 1.82) is 0 Å². The molecule has 2 aromatic carbocycles. The van der Waals surface area contributed by atoms with E-state index in [2.05, 4.69) is 0 Å². The van der Waals surface area contributed by atoms with E-state index < -0.39 is 5.97 Å². The summed E-state index contributed by atoms with van der Waals surface area (Å²) in [4.78, 5) is 11.5. The molecule has 3 rings (SSSR count). The van der Waals surface area contributed by atoms with Gasteiger partial charge in [-0.15, -0.1) is 0 Å². The van der Waals surface area contributed by atoms with Gasteiger partial charge in [-0.1, -0.05) is 24.3 Å². The summed E-state index contributed by atoms with van der Waals surface area (Å²) in [7, 11) is 0. The number of aromatic nitrogens is 1. The first-order chi connectivity index (χ1) is 11.0. The molecule has 0 amide bonds. The maximum Gasteiger partial charge on any atom is 0.337 e. The zero-order valence-corrected chi connectivity index (χ0v) is 13.1. The minimum absolute atomic E-state index is 0.304. The quantitative estimate of drug-likeness (QED) is 0.717. The molecule has 0 radical (unpaired) electrons. The van der Waals surface area contributed by atoms with Crippen LogP contribution in [-0.2, 0) is 0 Å². The lowest BCUT2D eigenvalue weighted by atomic mass is 10.1. The Bertz CT molecular complexity index is 877. The van der Waals surface area contributed by atoms with Crippen molar-refractivity contribution in [1.82, 2.24) is 4.57 Å². The molecular formula is C19H18N2O2. The van der Waals surface area contributed by atoms with Gasteiger partial charge in [-0.2, -0.15) is 0 Å². The number of carbonyl (C=O) groups is 1. The SMILES string of the molecule is Cc1cccc(-n2c(-c3ccc(N)cc3)cc(C(=O)O)c2C)c1. The molecule has 0 saturated carbocycles. The van der Waals surface area contributed by atoms with E-state index in [1.807, 2.05) is 66.9 Å². The van der Waals surface area contributed by atoms with Crippen molar-refractivity contribution >= 4 is 11.7 Å². The van der Waals surface area contributed by atoms with Crippen LogP contribution in [0.3, 0.4) is 0 Å². The van der Waals surface area contributed by atoms with Gasteiger partial charge in [-0.25, -0.2) is 4.79 Å². The molecule has 3 aromatic rings. The summed E-state index contributed by atoms with van der Waals surface area (Å²) >= 11 is 0. The Morgan fingerprint density at radius 1 is 1.04 bits per heavy atom. The number of nitrogen functional groups attached to an aromatic ring is 1. The zero-order valence-electron chi connectivity index (χ0n) is 13.1. The molecule has 0 atom stereocenters. The van der Waals surface area contributed by atoms with Crippen molar-refractivity contribution < 1.29 is 9.90 Å². The van der Waals surface area contributed by atoms with Crippen molar-refractivity contribution in [3.63, 3.8) is 0 Å². The van der Waals surface area contributed by atoms with Crippen molar-refractivity contribution in [3.05, 3.63) is 71.4 Å². The zero-order chi connectivity index (χ0) is 16.6. The van der Waals surface area contributed by atoms with Gasteiger partial charge in [0.1, 0.15) is 0 Å². The fraction of sp³-hybridized carbons (Fsp3) is 0.105. The normalized spacial score (nSPS) is 10.7. The number of carboxylic acids is 1. The molecule has 23 heavy (non-hydrogen) atoms. The van der Waals surface area contributed by atoms with E-state index in [1.54, 1.807) is 6.07 Å². The molecular weight excluding hydrogens is 288 g/mol. The minimum atomic E-state index is -0.925. The second kappa shape index (κ2) is 5.65. The summed E-state index contributed by atoms with van der Waals surface area (Å²) in [6.45, 7) is 3.84. The van der Waals surface area contributed by atoms with Crippen LogP contribution in [0.2, 0.25) is 0 Å². The Morgan fingerprint density at radius 3 is 2.35 bits per heavy atom. The Balaban J connectivity index is 2.28. The van der Waals surface area contributed by atoms with Crippen LogP contribution in [-0.4, -0.2) is 15.6 Å². The molecule has 0 spiro atoms. The van der Waals surface area contributed by atoms with Gasteiger partial charge in [0, 0.05) is 17.1 Å². The van der Waals surface area contributed by atoms with Gasteiger partial charge in [-0.05, 0) is 55.3 Å². The number of anilines is 1. The van der Waals surface area contributed by atoms with Crippen LogP contribution in [0.1, 0.15) is 21.6 Å². The average Bonchev–Trinajstić information content (AvgIpc) is 2.85. The van der Waals surface area contributed by atoms with Crippen LogP contribution in [0.5, 0.6) is 0 Å². The van der Waals surface area contributed by atoms with Crippen molar-refractivity contribution in [2.24, 2.45) is 0 Å². The first kappa shape index (κ1) is 14.9. The Morgan fingerprint density at radius 2 is 1.74 bits per heavy atom. The van der Waals surface area contributed by atoms with E-state index in [0.29, 0.717) is 16.9 Å². The predicted octanol–water partition coefficient (Wildman–Crippen LogP) is 4.04. The van der Waals surface area contributed by atoms with Crippen LogP contribution in [0.25, 0.3) is 16.9 Å². The molecule has 1 aromatic heterocycles. The van der Waals surface area contributed by atoms with Gasteiger partial charge >= 0.3 is 5.97 Å². The Kier molecular flexibility index (Phi) is 3.66. The Hall–Kier alpha value is -3.01. The second-order valence-corrected chi connectivity index (χ2v) is 5.63. The van der Waals surface area contributed by atoms with E-state index in [4.69, 9.17) is 5.73 Å². The van der Waals surface area contributed by atoms with E-state index >= 15 is 0 Å². The molecule has 4 nitrogen and oxygen atoms in total. The van der Waals surface area contributed by atoms with Gasteiger partial charge in [0.2, 0.25) is 0 Å². The van der Waals surface area contributed by atoms with Crippen LogP contribution < -0.4 is 5.73 Å². The number of aromatic carboxylic acids is 1. The topological polar surface area (TPSA) is 68.2 Å². The van der Waals surface area contributed by atoms with Gasteiger partial charge < -0.3 is 15.4 Å². The van der Waals surface area contributed by atoms with Crippen LogP contribution >= 0.6 is 0 Å². The molecule has 0 bridgehead atoms. The number of hydrogen-bond acceptors (Lipinski definition) is 2. The van der Waals surface area contributed by atoms with Crippen LogP contribution in [0.15, 0.2) is 54.6 Å². The van der Waals surface area contributed by atoms with E-state index in [9.17, 15) is 9.90 Å². The first-order valence-corrected chi connectivity index (χ1v) is 7.36. The van der Waals surface area contributed by atoms with E-state index in [-0.39, 0.29) is 0 Å². The lowest BCUT2D eigenvalue weighted by Gasteiger charge is -2.13. The van der Waals surface area contributed by atoms with E-state index in [0.717, 1.165) is 22.5 Å². The molecule has 3 N–H and O–H groups in total. The highest BCUT2D eigenvalue weighted by molar-refractivity contribution is 5.91. The monoisotopic (exact) mass is 306 g/mol. The number of nitrogens with two attached hydrogens (primary N) is 1. The maximum absolute atomic E-state index is 11.5. The standard InChI is InChI=1S/C19H18N2O2/c1-12-4-3-5-16(10-12)21-13(2)17(19(22)23)11-18(21)14-6-8-15(20)9-7-14/h3-11H,20H2,1-2H3,(H,22,23). The van der Waals surface area contributed by atoms with E-state index in [1.165, 1.54) is 0 Å². The number of carboxylic acid groups (broad SMARTS) is 1. The summed E-state index contributed by atoms with van der Waals surface area (Å²) in [5, 5.41) is 9.46. The first-order valence-electron chi connectivity index (χ1n) is 7.36. The summed E-state index contributed by atoms with van der Waals surface area (Å²) in [5.41, 5.74) is 11.3. The van der Waals surface area contributed by atoms with Gasteiger partial charge in [0.05, 0.1) is 11.3 Å². The maximum atomic E-state index is 11.5. The lowest BCUT2D eigenvalue weighted by molar-refractivity contribution is 0.0696. The number of hydrogen-bond donors (Lipinski definition) is 2. The predicted molar refractivity (Wildman–Crippen MR) is 92.1 cm³/mol. The highest BCUT2D eigenvalue weighted by Gasteiger charge is 2.19. The fourth-order valence-electron chi connectivity index (χ4n) is 2.79. The highest BCUT2D eigenvalue weighted by Crippen LogP contribution is 2.30. The Labute approximate surface area is 134 Å². The molecule has 0 aliphatic heterocycles. The number of rotatable bonds is 3. The van der Waals surface area contributed by atoms with Crippen molar-refractivity contribution in [2.75, 3.05) is 5.73 Å². The summed E-state index contributed by atoms with van der Waals surface area (Å²) in [6, 6.07) is 17.2. The van der Waals surface area contributed by atoms with Gasteiger partial charge in [0.15, 0.2) is 0 Å². The minimum Gasteiger partial charge on any atom is -0.478 e. The molecule has 0 unspecified atom stereocenters. The fourth-order valence-corrected chi connectivity index (χ4v) is 2.79. The molecule has 0 aliphatic carbocycles. The molecule has 1 heterocycles. The lowest BCUT2D eigenvalue weighted by Crippen LogP contribution is -2.02. The number of aryl methyl sites for hydroxylation is 1. The third-order valence-electron chi connectivity index (χ3n) is 3.94. The number of benzene rings is 2. The molecule has 0 fully saturated rings. The third kappa shape index (κ3) is 2.71. The number of nitrogens with zero attached hydrogens (tertiary/aromatic N) is 1. The third-order valence-corrected chi connectivity index (χ3v) is 3.94.